The summed E-state index contributed by atoms with van der Waals surface area (Å²) >= 11 is 1.85. The highest BCUT2D eigenvalue weighted by molar-refractivity contribution is 7.99. The molecule has 2 aromatic carbocycles. The van der Waals surface area contributed by atoms with Crippen molar-refractivity contribution in [2.45, 2.75) is 30.6 Å². The summed E-state index contributed by atoms with van der Waals surface area (Å²) in [6, 6.07) is 14.1. The molecule has 3 rings (SSSR count). The van der Waals surface area contributed by atoms with Gasteiger partial charge in [0.2, 0.25) is 5.91 Å². The van der Waals surface area contributed by atoms with Gasteiger partial charge in [0.05, 0.1) is 13.7 Å². The highest BCUT2D eigenvalue weighted by Crippen LogP contribution is 2.27. The number of ether oxygens (including phenoxy) is 2. The number of hydrogen-bond acceptors (Lipinski definition) is 4. The fourth-order valence-corrected chi connectivity index (χ4v) is 3.62. The van der Waals surface area contributed by atoms with Crippen LogP contribution in [-0.4, -0.2) is 25.4 Å². The molecule has 0 unspecified atom stereocenters. The van der Waals surface area contributed by atoms with E-state index in [0.29, 0.717) is 13.0 Å². The second kappa shape index (κ2) is 8.81. The molecule has 0 bridgehead atoms. The Bertz CT molecular complexity index is 715. The number of fused-ring (bicyclic) bond motifs is 1. The molecule has 1 N–H and O–H groups in total. The number of rotatable bonds is 8. The summed E-state index contributed by atoms with van der Waals surface area (Å²) in [7, 11) is 1.68. The number of carbonyl (C=O) groups is 1. The average Bonchev–Trinajstić information content (AvgIpc) is 2.65. The molecule has 25 heavy (non-hydrogen) atoms. The van der Waals surface area contributed by atoms with E-state index < -0.39 is 0 Å². The number of benzene rings is 2. The highest BCUT2D eigenvalue weighted by Gasteiger charge is 2.14. The second-order valence-corrected chi connectivity index (χ2v) is 7.12. The van der Waals surface area contributed by atoms with Crippen LogP contribution in [0.15, 0.2) is 47.4 Å². The SMILES string of the molecule is COc1ccc(SCCCCOc2ccc3c(c2)CCC(=O)N3)cc1. The Balaban J connectivity index is 1.35. The maximum atomic E-state index is 11.4. The lowest BCUT2D eigenvalue weighted by atomic mass is 10.0. The summed E-state index contributed by atoms with van der Waals surface area (Å²) < 4.78 is 11.0. The number of anilines is 1. The van der Waals surface area contributed by atoms with E-state index in [9.17, 15) is 4.79 Å². The summed E-state index contributed by atoms with van der Waals surface area (Å²) in [6.07, 6.45) is 3.48. The zero-order valence-corrected chi connectivity index (χ0v) is 15.2. The molecule has 1 amide bonds. The number of aryl methyl sites for hydroxylation is 1. The van der Waals surface area contributed by atoms with Crippen LogP contribution in [0.1, 0.15) is 24.8 Å². The van der Waals surface area contributed by atoms with Crippen LogP contribution < -0.4 is 14.8 Å². The lowest BCUT2D eigenvalue weighted by Crippen LogP contribution is -2.18. The molecule has 5 heteroatoms. The van der Waals surface area contributed by atoms with Crippen LogP contribution in [0.4, 0.5) is 5.69 Å². The lowest BCUT2D eigenvalue weighted by molar-refractivity contribution is -0.116. The van der Waals surface area contributed by atoms with Gasteiger partial charge in [-0.3, -0.25) is 4.79 Å². The quantitative estimate of drug-likeness (QED) is 0.557. The number of methoxy groups -OCH3 is 1. The van der Waals surface area contributed by atoms with E-state index in [-0.39, 0.29) is 5.91 Å². The molecule has 4 nitrogen and oxygen atoms in total. The Morgan fingerprint density at radius 1 is 1.04 bits per heavy atom. The van der Waals surface area contributed by atoms with E-state index in [1.165, 1.54) is 4.90 Å². The van der Waals surface area contributed by atoms with E-state index in [0.717, 1.165) is 47.8 Å². The first kappa shape index (κ1) is 17.7. The average molecular weight is 357 g/mol. The molecule has 2 aromatic rings. The smallest absolute Gasteiger partial charge is 0.224 e. The zero-order chi connectivity index (χ0) is 17.5. The second-order valence-electron chi connectivity index (χ2n) is 5.95. The Labute approximate surface area is 152 Å². The molecule has 0 spiro atoms. The number of carbonyl (C=O) groups excluding carboxylic acids is 1. The minimum Gasteiger partial charge on any atom is -0.497 e. The van der Waals surface area contributed by atoms with Crippen LogP contribution in [0.2, 0.25) is 0 Å². The highest BCUT2D eigenvalue weighted by atomic mass is 32.2. The van der Waals surface area contributed by atoms with E-state index in [4.69, 9.17) is 9.47 Å². The van der Waals surface area contributed by atoms with Gasteiger partial charge in [0.1, 0.15) is 11.5 Å². The van der Waals surface area contributed by atoms with E-state index >= 15 is 0 Å². The largest absolute Gasteiger partial charge is 0.497 e. The van der Waals surface area contributed by atoms with Crippen molar-refractivity contribution < 1.29 is 14.3 Å². The maximum absolute atomic E-state index is 11.4. The Hall–Kier alpha value is -2.14. The van der Waals surface area contributed by atoms with Gasteiger partial charge in [-0.1, -0.05) is 0 Å². The fourth-order valence-electron chi connectivity index (χ4n) is 2.71. The minimum absolute atomic E-state index is 0.0931. The zero-order valence-electron chi connectivity index (χ0n) is 14.4. The molecule has 1 heterocycles. The van der Waals surface area contributed by atoms with Crippen molar-refractivity contribution >= 4 is 23.4 Å². The predicted molar refractivity (Wildman–Crippen MR) is 102 cm³/mol. The summed E-state index contributed by atoms with van der Waals surface area (Å²) in [4.78, 5) is 12.6. The first-order chi connectivity index (χ1) is 12.2. The van der Waals surface area contributed by atoms with Crippen LogP contribution in [-0.2, 0) is 11.2 Å². The third kappa shape index (κ3) is 5.16. The van der Waals surface area contributed by atoms with Gasteiger partial charge in [0.15, 0.2) is 0 Å². The first-order valence-corrected chi connectivity index (χ1v) is 9.55. The van der Waals surface area contributed by atoms with E-state index in [2.05, 4.69) is 17.4 Å². The molecular formula is C20H23NO3S. The molecule has 0 aromatic heterocycles. The van der Waals surface area contributed by atoms with Crippen molar-refractivity contribution in [3.63, 3.8) is 0 Å². The van der Waals surface area contributed by atoms with Gasteiger partial charge >= 0.3 is 0 Å². The molecule has 1 aliphatic heterocycles. The van der Waals surface area contributed by atoms with Crippen molar-refractivity contribution in [2.75, 3.05) is 24.8 Å². The Morgan fingerprint density at radius 2 is 1.84 bits per heavy atom. The molecular weight excluding hydrogens is 334 g/mol. The Morgan fingerprint density at radius 3 is 2.64 bits per heavy atom. The molecule has 0 aliphatic carbocycles. The van der Waals surface area contributed by atoms with Crippen molar-refractivity contribution in [1.82, 2.24) is 0 Å². The van der Waals surface area contributed by atoms with Crippen molar-refractivity contribution in [2.24, 2.45) is 0 Å². The van der Waals surface area contributed by atoms with E-state index in [1.54, 1.807) is 7.11 Å². The first-order valence-electron chi connectivity index (χ1n) is 8.57. The number of hydrogen-bond donors (Lipinski definition) is 1. The van der Waals surface area contributed by atoms with Crippen molar-refractivity contribution in [3.8, 4) is 11.5 Å². The van der Waals surface area contributed by atoms with Gasteiger partial charge in [-0.05, 0) is 73.0 Å². The van der Waals surface area contributed by atoms with Crippen molar-refractivity contribution in [3.05, 3.63) is 48.0 Å². The molecule has 0 saturated carbocycles. The molecule has 0 radical (unpaired) electrons. The van der Waals surface area contributed by atoms with Crippen LogP contribution in [0.25, 0.3) is 0 Å². The standard InChI is InChI=1S/C20H23NO3S/c1-23-16-5-8-18(9-6-16)25-13-3-2-12-24-17-7-10-19-15(14-17)4-11-20(22)21-19/h5-10,14H,2-4,11-13H2,1H3,(H,21,22). The Kier molecular flexibility index (Phi) is 6.23. The number of amides is 1. The summed E-state index contributed by atoms with van der Waals surface area (Å²) in [6.45, 7) is 0.717. The maximum Gasteiger partial charge on any atom is 0.224 e. The molecule has 0 atom stereocenters. The number of unbranched alkanes of at least 4 members (excludes halogenated alkanes) is 1. The minimum atomic E-state index is 0.0931. The van der Waals surface area contributed by atoms with Crippen LogP contribution >= 0.6 is 11.8 Å². The molecule has 132 valence electrons. The number of nitrogens with one attached hydrogen (secondary N) is 1. The monoisotopic (exact) mass is 357 g/mol. The topological polar surface area (TPSA) is 47.6 Å². The molecule has 1 aliphatic rings. The lowest BCUT2D eigenvalue weighted by Gasteiger charge is -2.17. The predicted octanol–water partition coefficient (Wildman–Crippen LogP) is 4.53. The van der Waals surface area contributed by atoms with Crippen LogP contribution in [0.5, 0.6) is 11.5 Å². The normalized spacial score (nSPS) is 13.1. The third-order valence-corrected chi connectivity index (χ3v) is 5.21. The summed E-state index contributed by atoms with van der Waals surface area (Å²) in [5.41, 5.74) is 2.08. The van der Waals surface area contributed by atoms with Gasteiger partial charge in [-0.2, -0.15) is 0 Å². The van der Waals surface area contributed by atoms with Crippen molar-refractivity contribution in [1.29, 1.82) is 0 Å². The van der Waals surface area contributed by atoms with Gasteiger partial charge in [0, 0.05) is 17.0 Å². The third-order valence-electron chi connectivity index (χ3n) is 4.11. The number of thioether (sulfide) groups is 1. The van der Waals surface area contributed by atoms with Crippen LogP contribution in [0, 0.1) is 0 Å². The van der Waals surface area contributed by atoms with E-state index in [1.807, 2.05) is 42.1 Å². The molecule has 0 fully saturated rings. The summed E-state index contributed by atoms with van der Waals surface area (Å²) in [5.74, 6) is 2.95. The van der Waals surface area contributed by atoms with Gasteiger partial charge in [0.25, 0.3) is 0 Å². The van der Waals surface area contributed by atoms with Gasteiger partial charge in [-0.25, -0.2) is 0 Å². The fraction of sp³-hybridized carbons (Fsp3) is 0.350. The van der Waals surface area contributed by atoms with Gasteiger partial charge < -0.3 is 14.8 Å². The summed E-state index contributed by atoms with van der Waals surface area (Å²) in [5, 5.41) is 2.89. The molecule has 0 saturated heterocycles. The van der Waals surface area contributed by atoms with Crippen LogP contribution in [0.3, 0.4) is 0 Å². The van der Waals surface area contributed by atoms with Gasteiger partial charge in [-0.15, -0.1) is 11.8 Å².